The van der Waals surface area contributed by atoms with Crippen LogP contribution in [0.25, 0.3) is 6.08 Å². The lowest BCUT2D eigenvalue weighted by Crippen LogP contribution is -2.51. The molecule has 1 fully saturated rings. The van der Waals surface area contributed by atoms with E-state index < -0.39 is 17.8 Å². The van der Waals surface area contributed by atoms with Crippen molar-refractivity contribution in [1.29, 1.82) is 0 Å². The van der Waals surface area contributed by atoms with Crippen molar-refractivity contribution in [3.63, 3.8) is 0 Å². The van der Waals surface area contributed by atoms with Crippen LogP contribution in [-0.4, -0.2) is 37.0 Å². The van der Waals surface area contributed by atoms with Gasteiger partial charge in [0.25, 0.3) is 17.7 Å². The van der Waals surface area contributed by atoms with Crippen molar-refractivity contribution in [1.82, 2.24) is 10.6 Å². The normalized spacial score (nSPS) is 13.2. The SMILES string of the molecule is CCOc1cc(C=C2C(=O)NC(=O)NC2=O)cc(I)c1OCC(=O)Nc1cccc(C)c1. The lowest BCUT2D eigenvalue weighted by atomic mass is 10.1. The Kier molecular flexibility index (Phi) is 7.46. The number of hydrogen-bond acceptors (Lipinski definition) is 6. The van der Waals surface area contributed by atoms with Gasteiger partial charge in [-0.1, -0.05) is 12.1 Å². The average molecular weight is 549 g/mol. The number of aryl methyl sites for hydroxylation is 1. The summed E-state index contributed by atoms with van der Waals surface area (Å²) in [6.07, 6.45) is 1.34. The summed E-state index contributed by atoms with van der Waals surface area (Å²) in [5, 5.41) is 6.81. The van der Waals surface area contributed by atoms with Crippen molar-refractivity contribution in [3.05, 3.63) is 56.7 Å². The number of amides is 5. The first-order valence-corrected chi connectivity index (χ1v) is 10.7. The predicted molar refractivity (Wildman–Crippen MR) is 125 cm³/mol. The summed E-state index contributed by atoms with van der Waals surface area (Å²) in [6, 6.07) is 9.80. The molecule has 0 spiro atoms. The number of halogens is 1. The highest BCUT2D eigenvalue weighted by Crippen LogP contribution is 2.35. The van der Waals surface area contributed by atoms with Crippen LogP contribution < -0.4 is 25.4 Å². The maximum atomic E-state index is 12.3. The number of nitrogens with one attached hydrogen (secondary N) is 3. The second-order valence-corrected chi connectivity index (χ2v) is 7.93. The van der Waals surface area contributed by atoms with Crippen LogP contribution in [0.3, 0.4) is 0 Å². The van der Waals surface area contributed by atoms with Crippen LogP contribution in [0.1, 0.15) is 18.1 Å². The zero-order valence-corrected chi connectivity index (χ0v) is 19.4. The molecule has 1 aliphatic rings. The Hall–Kier alpha value is -3.41. The van der Waals surface area contributed by atoms with Crippen molar-refractivity contribution in [2.75, 3.05) is 18.5 Å². The number of carbonyl (C=O) groups excluding carboxylic acids is 4. The van der Waals surface area contributed by atoms with Gasteiger partial charge in [-0.3, -0.25) is 25.0 Å². The first kappa shape index (κ1) is 23.3. The fourth-order valence-corrected chi connectivity index (χ4v) is 3.69. The fourth-order valence-electron chi connectivity index (χ4n) is 2.90. The smallest absolute Gasteiger partial charge is 0.328 e. The molecule has 10 heteroatoms. The van der Waals surface area contributed by atoms with Crippen LogP contribution >= 0.6 is 22.6 Å². The maximum absolute atomic E-state index is 12.3. The number of rotatable bonds is 7. The van der Waals surface area contributed by atoms with E-state index in [0.29, 0.717) is 32.9 Å². The van der Waals surface area contributed by atoms with Gasteiger partial charge in [0.1, 0.15) is 5.57 Å². The molecular weight excluding hydrogens is 529 g/mol. The van der Waals surface area contributed by atoms with E-state index in [1.165, 1.54) is 6.08 Å². The standard InChI is InChI=1S/C22H20IN3O6/c1-3-31-17-10-13(8-15-20(28)25-22(30)26-21(15)29)9-16(23)19(17)32-11-18(27)24-14-6-4-5-12(2)7-14/h4-10H,3,11H2,1-2H3,(H,24,27)(H2,25,26,28,29,30). The molecule has 5 amide bonds. The third-order valence-corrected chi connectivity index (χ3v) is 5.04. The number of hydrogen-bond donors (Lipinski definition) is 3. The highest BCUT2D eigenvalue weighted by molar-refractivity contribution is 14.1. The summed E-state index contributed by atoms with van der Waals surface area (Å²) in [4.78, 5) is 47.5. The molecule has 3 N–H and O–H groups in total. The van der Waals surface area contributed by atoms with Gasteiger partial charge in [0.2, 0.25) is 0 Å². The molecule has 0 aromatic heterocycles. The number of carbonyl (C=O) groups is 4. The quantitative estimate of drug-likeness (QED) is 0.278. The molecule has 0 radical (unpaired) electrons. The van der Waals surface area contributed by atoms with E-state index >= 15 is 0 Å². The van der Waals surface area contributed by atoms with Crippen LogP contribution in [0.15, 0.2) is 42.0 Å². The van der Waals surface area contributed by atoms with Crippen molar-refractivity contribution in [2.45, 2.75) is 13.8 Å². The van der Waals surface area contributed by atoms with Crippen LogP contribution in [0.5, 0.6) is 11.5 Å². The Morgan fingerprint density at radius 3 is 2.47 bits per heavy atom. The van der Waals surface area contributed by atoms with Gasteiger partial charge in [-0.15, -0.1) is 0 Å². The third-order valence-electron chi connectivity index (χ3n) is 4.24. The zero-order valence-electron chi connectivity index (χ0n) is 17.3. The van der Waals surface area contributed by atoms with Gasteiger partial charge in [-0.2, -0.15) is 0 Å². The van der Waals surface area contributed by atoms with Gasteiger partial charge >= 0.3 is 6.03 Å². The molecule has 0 saturated carbocycles. The number of anilines is 1. The molecule has 0 aliphatic carbocycles. The molecule has 166 valence electrons. The molecule has 32 heavy (non-hydrogen) atoms. The second kappa shape index (κ2) is 10.3. The summed E-state index contributed by atoms with van der Waals surface area (Å²) >= 11 is 2.01. The summed E-state index contributed by atoms with van der Waals surface area (Å²) in [5.74, 6) is -1.20. The molecule has 9 nitrogen and oxygen atoms in total. The third kappa shape index (κ3) is 5.84. The topological polar surface area (TPSA) is 123 Å². The maximum Gasteiger partial charge on any atom is 0.328 e. The first-order chi connectivity index (χ1) is 15.3. The first-order valence-electron chi connectivity index (χ1n) is 9.61. The number of imide groups is 2. The molecule has 1 saturated heterocycles. The minimum atomic E-state index is -0.866. The van der Waals surface area contributed by atoms with Gasteiger partial charge in [-0.05, 0) is 77.9 Å². The van der Waals surface area contributed by atoms with Gasteiger partial charge in [0, 0.05) is 5.69 Å². The van der Waals surface area contributed by atoms with E-state index in [1.54, 1.807) is 25.1 Å². The molecule has 1 aliphatic heterocycles. The molecule has 1 heterocycles. The predicted octanol–water partition coefficient (Wildman–Crippen LogP) is 2.77. The Morgan fingerprint density at radius 1 is 1.09 bits per heavy atom. The summed E-state index contributed by atoms with van der Waals surface area (Å²) in [6.45, 7) is 3.81. The summed E-state index contributed by atoms with van der Waals surface area (Å²) in [7, 11) is 0. The van der Waals surface area contributed by atoms with Gasteiger partial charge in [0.05, 0.1) is 10.2 Å². The highest BCUT2D eigenvalue weighted by atomic mass is 127. The van der Waals surface area contributed by atoms with E-state index in [9.17, 15) is 19.2 Å². The van der Waals surface area contributed by atoms with Crippen molar-refractivity contribution in [2.24, 2.45) is 0 Å². The second-order valence-electron chi connectivity index (χ2n) is 6.76. The monoisotopic (exact) mass is 549 g/mol. The molecule has 0 atom stereocenters. The Labute approximate surface area is 197 Å². The fraction of sp³-hybridized carbons (Fsp3) is 0.182. The molecule has 2 aromatic rings. The minimum Gasteiger partial charge on any atom is -0.490 e. The molecule has 0 bridgehead atoms. The lowest BCUT2D eigenvalue weighted by Gasteiger charge is -2.16. The molecule has 0 unspecified atom stereocenters. The zero-order chi connectivity index (χ0) is 23.3. The largest absolute Gasteiger partial charge is 0.490 e. The van der Waals surface area contributed by atoms with E-state index in [4.69, 9.17) is 9.47 Å². The Bertz CT molecular complexity index is 1110. The van der Waals surface area contributed by atoms with Gasteiger partial charge < -0.3 is 14.8 Å². The van der Waals surface area contributed by atoms with Crippen LogP contribution in [0.2, 0.25) is 0 Å². The Morgan fingerprint density at radius 2 is 1.81 bits per heavy atom. The summed E-state index contributed by atoms with van der Waals surface area (Å²) < 4.78 is 12.0. The van der Waals surface area contributed by atoms with Crippen LogP contribution in [0.4, 0.5) is 10.5 Å². The number of benzene rings is 2. The number of ether oxygens (including phenoxy) is 2. The Balaban J connectivity index is 1.79. The number of urea groups is 1. The lowest BCUT2D eigenvalue weighted by molar-refractivity contribution is -0.124. The molecular formula is C22H20IN3O6. The van der Waals surface area contributed by atoms with E-state index in [1.807, 2.05) is 58.3 Å². The number of barbiturate groups is 1. The van der Waals surface area contributed by atoms with Crippen molar-refractivity contribution >= 4 is 58.1 Å². The highest BCUT2D eigenvalue weighted by Gasteiger charge is 2.28. The van der Waals surface area contributed by atoms with Crippen molar-refractivity contribution < 1.29 is 28.7 Å². The van der Waals surface area contributed by atoms with E-state index in [-0.39, 0.29) is 18.1 Å². The average Bonchev–Trinajstić information content (AvgIpc) is 2.70. The van der Waals surface area contributed by atoms with Crippen LogP contribution in [0, 0.1) is 10.5 Å². The van der Waals surface area contributed by atoms with Gasteiger partial charge in [0.15, 0.2) is 18.1 Å². The van der Waals surface area contributed by atoms with Gasteiger partial charge in [-0.25, -0.2) is 4.79 Å². The summed E-state index contributed by atoms with van der Waals surface area (Å²) in [5.41, 5.74) is 1.97. The molecule has 3 rings (SSSR count). The van der Waals surface area contributed by atoms with E-state index in [2.05, 4.69) is 5.32 Å². The van der Waals surface area contributed by atoms with E-state index in [0.717, 1.165) is 5.56 Å². The minimum absolute atomic E-state index is 0.214. The van der Waals surface area contributed by atoms with Crippen molar-refractivity contribution in [3.8, 4) is 11.5 Å². The van der Waals surface area contributed by atoms with Crippen LogP contribution in [-0.2, 0) is 14.4 Å². The molecule has 2 aromatic carbocycles.